The molecule has 1 heterocycles. The third-order valence-electron chi connectivity index (χ3n) is 2.67. The van der Waals surface area contributed by atoms with E-state index >= 15 is 0 Å². The number of nitrogens with one attached hydrogen (secondary N) is 1. The molecule has 0 aliphatic carbocycles. The Morgan fingerprint density at radius 1 is 1.50 bits per heavy atom. The number of carbonyl (C=O) groups excluding carboxylic acids is 1. The summed E-state index contributed by atoms with van der Waals surface area (Å²) < 4.78 is 6.37. The van der Waals surface area contributed by atoms with Crippen molar-refractivity contribution in [3.05, 3.63) is 50.6 Å². The van der Waals surface area contributed by atoms with Gasteiger partial charge in [-0.25, -0.2) is 0 Å². The van der Waals surface area contributed by atoms with Crippen LogP contribution < -0.4 is 10.1 Å². The van der Waals surface area contributed by atoms with Crippen LogP contribution in [0.4, 0.5) is 5.69 Å². The van der Waals surface area contributed by atoms with Crippen LogP contribution in [0.5, 0.6) is 5.75 Å². The van der Waals surface area contributed by atoms with Crippen LogP contribution >= 0.6 is 27.3 Å². The number of thiophene rings is 1. The van der Waals surface area contributed by atoms with Crippen molar-refractivity contribution in [2.45, 2.75) is 6.92 Å². The van der Waals surface area contributed by atoms with Crippen molar-refractivity contribution in [3.63, 3.8) is 0 Å². The Kier molecular flexibility index (Phi) is 5.75. The first-order chi connectivity index (χ1) is 10.6. The highest BCUT2D eigenvalue weighted by Crippen LogP contribution is 2.25. The summed E-state index contributed by atoms with van der Waals surface area (Å²) in [7, 11) is 0. The number of amides is 1. The third kappa shape index (κ3) is 4.20. The minimum absolute atomic E-state index is 0.0423. The fraction of sp³-hybridized carbons (Fsp3) is 0.125. The molecule has 1 amide bonds. The quantitative estimate of drug-likeness (QED) is 0.618. The predicted molar refractivity (Wildman–Crippen MR) is 91.8 cm³/mol. The van der Waals surface area contributed by atoms with Crippen molar-refractivity contribution in [1.82, 2.24) is 0 Å². The van der Waals surface area contributed by atoms with E-state index in [1.54, 1.807) is 24.3 Å². The zero-order chi connectivity index (χ0) is 15.9. The first kappa shape index (κ1) is 16.3. The lowest BCUT2D eigenvalue weighted by Gasteiger charge is -2.10. The van der Waals surface area contributed by atoms with Gasteiger partial charge in [-0.1, -0.05) is 12.1 Å². The minimum Gasteiger partial charge on any atom is -0.492 e. The Hall–Kier alpha value is -2.10. The van der Waals surface area contributed by atoms with Gasteiger partial charge in [0.1, 0.15) is 17.4 Å². The maximum Gasteiger partial charge on any atom is 0.266 e. The third-order valence-corrected chi connectivity index (χ3v) is 4.32. The van der Waals surface area contributed by atoms with Crippen molar-refractivity contribution in [3.8, 4) is 11.8 Å². The first-order valence-corrected chi connectivity index (χ1v) is 8.20. The molecule has 6 heteroatoms. The van der Waals surface area contributed by atoms with Gasteiger partial charge in [0.15, 0.2) is 0 Å². The summed E-state index contributed by atoms with van der Waals surface area (Å²) in [5.41, 5.74) is 0.587. The lowest BCUT2D eigenvalue weighted by molar-refractivity contribution is -0.112. The Bertz CT molecular complexity index is 747. The van der Waals surface area contributed by atoms with E-state index < -0.39 is 5.91 Å². The van der Waals surface area contributed by atoms with Crippen LogP contribution in [0.15, 0.2) is 45.8 Å². The predicted octanol–water partition coefficient (Wildman–Crippen LogP) is 4.45. The standard InChI is InChI=1S/C16H13BrN2O2S/c1-2-21-15-6-4-3-5-14(15)19-16(20)11(9-18)7-13-8-12(17)10-22-13/h3-8,10H,2H2,1H3,(H,19,20)/b11-7+. The monoisotopic (exact) mass is 376 g/mol. The zero-order valence-corrected chi connectivity index (χ0v) is 14.2. The number of anilines is 1. The molecule has 0 aliphatic heterocycles. The number of halogens is 1. The summed E-state index contributed by atoms with van der Waals surface area (Å²) in [6.45, 7) is 2.37. The maximum absolute atomic E-state index is 12.2. The molecule has 1 N–H and O–H groups in total. The highest BCUT2D eigenvalue weighted by Gasteiger charge is 2.12. The van der Waals surface area contributed by atoms with Crippen LogP contribution in [0.1, 0.15) is 11.8 Å². The number of rotatable bonds is 5. The molecule has 0 saturated carbocycles. The second-order valence-electron chi connectivity index (χ2n) is 4.22. The number of carbonyl (C=O) groups is 1. The second kappa shape index (κ2) is 7.78. The molecule has 0 aliphatic rings. The Balaban J connectivity index is 2.20. The summed E-state index contributed by atoms with van der Waals surface area (Å²) in [6, 6.07) is 10.9. The first-order valence-electron chi connectivity index (χ1n) is 6.53. The van der Waals surface area contributed by atoms with E-state index in [0.29, 0.717) is 18.0 Å². The van der Waals surface area contributed by atoms with Gasteiger partial charge < -0.3 is 10.1 Å². The number of para-hydroxylation sites is 2. The molecule has 0 bridgehead atoms. The number of hydrogen-bond donors (Lipinski definition) is 1. The van der Waals surface area contributed by atoms with Crippen LogP contribution in [-0.2, 0) is 4.79 Å². The smallest absolute Gasteiger partial charge is 0.266 e. The Morgan fingerprint density at radius 2 is 2.27 bits per heavy atom. The Morgan fingerprint density at radius 3 is 2.91 bits per heavy atom. The van der Waals surface area contributed by atoms with E-state index in [4.69, 9.17) is 4.74 Å². The molecule has 0 atom stereocenters. The fourth-order valence-electron chi connectivity index (χ4n) is 1.74. The van der Waals surface area contributed by atoms with Gasteiger partial charge >= 0.3 is 0 Å². The molecular weight excluding hydrogens is 364 g/mol. The largest absolute Gasteiger partial charge is 0.492 e. The topological polar surface area (TPSA) is 62.1 Å². The van der Waals surface area contributed by atoms with Crippen molar-refractivity contribution in [2.75, 3.05) is 11.9 Å². The summed E-state index contributed by atoms with van der Waals surface area (Å²) in [5, 5.41) is 13.8. The summed E-state index contributed by atoms with van der Waals surface area (Å²) >= 11 is 4.79. The van der Waals surface area contributed by atoms with Crippen LogP contribution in [0.25, 0.3) is 6.08 Å². The summed E-state index contributed by atoms with van der Waals surface area (Å²) in [6.07, 6.45) is 1.56. The number of nitriles is 1. The molecule has 112 valence electrons. The molecule has 0 saturated heterocycles. The summed E-state index contributed by atoms with van der Waals surface area (Å²) in [4.78, 5) is 13.1. The molecule has 2 rings (SSSR count). The van der Waals surface area contributed by atoms with Gasteiger partial charge in [0.05, 0.1) is 12.3 Å². The molecule has 0 spiro atoms. The normalized spacial score (nSPS) is 10.9. The Labute approximate surface area is 141 Å². The van der Waals surface area contributed by atoms with E-state index in [0.717, 1.165) is 9.35 Å². The SMILES string of the molecule is CCOc1ccccc1NC(=O)/C(C#N)=C/c1cc(Br)cs1. The van der Waals surface area contributed by atoms with Crippen LogP contribution in [-0.4, -0.2) is 12.5 Å². The van der Waals surface area contributed by atoms with E-state index in [9.17, 15) is 10.1 Å². The highest BCUT2D eigenvalue weighted by molar-refractivity contribution is 9.10. The molecule has 2 aromatic rings. The fourth-order valence-corrected chi connectivity index (χ4v) is 3.11. The van der Waals surface area contributed by atoms with E-state index in [1.165, 1.54) is 11.3 Å². The molecule has 0 unspecified atom stereocenters. The average Bonchev–Trinajstić information content (AvgIpc) is 2.92. The van der Waals surface area contributed by atoms with Gasteiger partial charge in [0, 0.05) is 14.7 Å². The van der Waals surface area contributed by atoms with Gasteiger partial charge in [0.2, 0.25) is 0 Å². The lowest BCUT2D eigenvalue weighted by Crippen LogP contribution is -2.14. The van der Waals surface area contributed by atoms with Gasteiger partial charge in [-0.15, -0.1) is 11.3 Å². The zero-order valence-electron chi connectivity index (χ0n) is 11.8. The van der Waals surface area contributed by atoms with E-state index in [2.05, 4.69) is 21.2 Å². The number of nitrogens with zero attached hydrogens (tertiary/aromatic N) is 1. The van der Waals surface area contributed by atoms with Crippen LogP contribution in [0, 0.1) is 11.3 Å². The highest BCUT2D eigenvalue weighted by atomic mass is 79.9. The lowest BCUT2D eigenvalue weighted by atomic mass is 10.2. The minimum atomic E-state index is -0.459. The van der Waals surface area contributed by atoms with Gasteiger partial charge in [-0.05, 0) is 47.1 Å². The molecule has 1 aromatic heterocycles. The van der Waals surface area contributed by atoms with E-state index in [-0.39, 0.29) is 5.57 Å². The molecule has 4 nitrogen and oxygen atoms in total. The number of hydrogen-bond acceptors (Lipinski definition) is 4. The van der Waals surface area contributed by atoms with Gasteiger partial charge in [0.25, 0.3) is 5.91 Å². The summed E-state index contributed by atoms with van der Waals surface area (Å²) in [5.74, 6) is 0.119. The number of ether oxygens (including phenoxy) is 1. The van der Waals surface area contributed by atoms with Gasteiger partial charge in [-0.2, -0.15) is 5.26 Å². The number of benzene rings is 1. The van der Waals surface area contributed by atoms with Crippen molar-refractivity contribution >= 4 is 44.9 Å². The van der Waals surface area contributed by atoms with Crippen molar-refractivity contribution < 1.29 is 9.53 Å². The van der Waals surface area contributed by atoms with Crippen molar-refractivity contribution in [2.24, 2.45) is 0 Å². The van der Waals surface area contributed by atoms with Crippen LogP contribution in [0.3, 0.4) is 0 Å². The van der Waals surface area contributed by atoms with Gasteiger partial charge in [-0.3, -0.25) is 4.79 Å². The second-order valence-corrected chi connectivity index (χ2v) is 6.08. The molecule has 0 radical (unpaired) electrons. The molecular formula is C16H13BrN2O2S. The van der Waals surface area contributed by atoms with Crippen LogP contribution in [0.2, 0.25) is 0 Å². The van der Waals surface area contributed by atoms with Crippen molar-refractivity contribution in [1.29, 1.82) is 5.26 Å². The maximum atomic E-state index is 12.2. The van der Waals surface area contributed by atoms with E-state index in [1.807, 2.05) is 30.5 Å². The molecule has 1 aromatic carbocycles. The average molecular weight is 377 g/mol. The molecule has 0 fully saturated rings. The molecule has 22 heavy (non-hydrogen) atoms.